The lowest BCUT2D eigenvalue weighted by atomic mass is 10.0. The molecule has 1 aliphatic heterocycles. The summed E-state index contributed by atoms with van der Waals surface area (Å²) in [6, 6.07) is 8.98. The monoisotopic (exact) mass is 279 g/mol. The zero-order valence-electron chi connectivity index (χ0n) is 12.7. The van der Waals surface area contributed by atoms with Crippen LogP contribution < -0.4 is 10.2 Å². The van der Waals surface area contributed by atoms with Crippen molar-refractivity contribution < 1.29 is 0 Å². The molecule has 1 aromatic carbocycles. The lowest BCUT2D eigenvalue weighted by molar-refractivity contribution is 0.763. The molecule has 1 aliphatic carbocycles. The first-order chi connectivity index (χ1) is 10.2. The van der Waals surface area contributed by atoms with Crippen molar-refractivity contribution in [2.45, 2.75) is 26.7 Å². The Bertz CT molecular complexity index is 669. The van der Waals surface area contributed by atoms with Crippen LogP contribution in [0.2, 0.25) is 0 Å². The predicted molar refractivity (Wildman–Crippen MR) is 87.7 cm³/mol. The van der Waals surface area contributed by atoms with Crippen molar-refractivity contribution in [3.05, 3.63) is 41.6 Å². The molecule has 3 heteroatoms. The molecule has 1 fully saturated rings. The number of rotatable bonds is 3. The summed E-state index contributed by atoms with van der Waals surface area (Å²) in [6.07, 6.45) is 4.76. The number of benzene rings is 1. The van der Waals surface area contributed by atoms with Crippen molar-refractivity contribution in [3.8, 4) is 11.1 Å². The lowest BCUT2D eigenvalue weighted by Crippen LogP contribution is -2.25. The van der Waals surface area contributed by atoms with Crippen molar-refractivity contribution in [3.63, 3.8) is 0 Å². The first-order valence-corrected chi connectivity index (χ1v) is 7.76. The van der Waals surface area contributed by atoms with Crippen LogP contribution in [-0.2, 0) is 0 Å². The minimum Gasteiger partial charge on any atom is -0.351 e. The zero-order valence-corrected chi connectivity index (χ0v) is 12.7. The van der Waals surface area contributed by atoms with Crippen LogP contribution >= 0.6 is 0 Å². The summed E-state index contributed by atoms with van der Waals surface area (Å²) in [5.74, 6) is 1.92. The summed E-state index contributed by atoms with van der Waals surface area (Å²) < 4.78 is 0. The van der Waals surface area contributed by atoms with Gasteiger partial charge in [0.25, 0.3) is 0 Å². The highest BCUT2D eigenvalue weighted by molar-refractivity contribution is 5.78. The number of fused-ring (bicyclic) bond motifs is 1. The maximum absolute atomic E-state index is 4.62. The topological polar surface area (TPSA) is 28.2 Å². The highest BCUT2D eigenvalue weighted by atomic mass is 15.3. The van der Waals surface area contributed by atoms with Crippen LogP contribution in [0.4, 0.5) is 11.5 Å². The molecule has 0 unspecified atom stereocenters. The Labute approximate surface area is 126 Å². The second-order valence-electron chi connectivity index (χ2n) is 6.47. The van der Waals surface area contributed by atoms with Gasteiger partial charge in [0.05, 0.1) is 12.4 Å². The van der Waals surface area contributed by atoms with Crippen LogP contribution in [0.5, 0.6) is 0 Å². The Morgan fingerprint density at radius 2 is 1.86 bits per heavy atom. The van der Waals surface area contributed by atoms with Crippen LogP contribution in [0.3, 0.4) is 0 Å². The standard InChI is InChI=1S/C18H21N3/c1-12-5-13(2)7-15(6-12)16-8-17-18(19-9-16)20-11-21(17)10-14-3-4-14/h5-9,14H,3-4,10-11H2,1-2H3,(H,19,20). The summed E-state index contributed by atoms with van der Waals surface area (Å²) >= 11 is 0. The maximum atomic E-state index is 4.62. The molecule has 0 radical (unpaired) electrons. The fourth-order valence-electron chi connectivity index (χ4n) is 3.16. The third-order valence-corrected chi connectivity index (χ3v) is 4.38. The molecular formula is C18H21N3. The Hall–Kier alpha value is -2.03. The first-order valence-electron chi connectivity index (χ1n) is 7.76. The summed E-state index contributed by atoms with van der Waals surface area (Å²) in [6.45, 7) is 6.36. The molecule has 0 bridgehead atoms. The van der Waals surface area contributed by atoms with Crippen LogP contribution in [0.25, 0.3) is 11.1 Å². The van der Waals surface area contributed by atoms with Crippen LogP contribution in [0.15, 0.2) is 30.5 Å². The smallest absolute Gasteiger partial charge is 0.151 e. The number of nitrogens with zero attached hydrogens (tertiary/aromatic N) is 2. The number of pyridine rings is 1. The van der Waals surface area contributed by atoms with E-state index in [4.69, 9.17) is 0 Å². The van der Waals surface area contributed by atoms with E-state index in [2.05, 4.69) is 53.3 Å². The third-order valence-electron chi connectivity index (χ3n) is 4.38. The molecule has 2 aromatic rings. The van der Waals surface area contributed by atoms with Gasteiger partial charge in [-0.3, -0.25) is 0 Å². The summed E-state index contributed by atoms with van der Waals surface area (Å²) in [4.78, 5) is 7.06. The van der Waals surface area contributed by atoms with E-state index < -0.39 is 0 Å². The number of aromatic nitrogens is 1. The van der Waals surface area contributed by atoms with E-state index in [-0.39, 0.29) is 0 Å². The van der Waals surface area contributed by atoms with E-state index in [1.165, 1.54) is 40.8 Å². The van der Waals surface area contributed by atoms with Gasteiger partial charge in [0.15, 0.2) is 5.82 Å². The summed E-state index contributed by atoms with van der Waals surface area (Å²) in [7, 11) is 0. The van der Waals surface area contributed by atoms with Crippen molar-refractivity contribution in [1.29, 1.82) is 0 Å². The molecule has 2 heterocycles. The quantitative estimate of drug-likeness (QED) is 0.921. The van der Waals surface area contributed by atoms with Gasteiger partial charge in [-0.25, -0.2) is 4.98 Å². The molecule has 3 nitrogen and oxygen atoms in total. The maximum Gasteiger partial charge on any atom is 0.151 e. The highest BCUT2D eigenvalue weighted by Gasteiger charge is 2.28. The van der Waals surface area contributed by atoms with Gasteiger partial charge in [0.2, 0.25) is 0 Å². The van der Waals surface area contributed by atoms with E-state index in [1.54, 1.807) is 0 Å². The minimum absolute atomic E-state index is 0.891. The Kier molecular flexibility index (Phi) is 2.88. The Morgan fingerprint density at radius 1 is 1.10 bits per heavy atom. The second-order valence-corrected chi connectivity index (χ2v) is 6.47. The first kappa shape index (κ1) is 12.7. The molecule has 4 rings (SSSR count). The summed E-state index contributed by atoms with van der Waals surface area (Å²) in [5.41, 5.74) is 6.35. The number of hydrogen-bond donors (Lipinski definition) is 1. The molecule has 0 amide bonds. The van der Waals surface area contributed by atoms with E-state index >= 15 is 0 Å². The Morgan fingerprint density at radius 3 is 2.57 bits per heavy atom. The molecule has 0 saturated heterocycles. The van der Waals surface area contributed by atoms with Crippen molar-refractivity contribution in [2.24, 2.45) is 5.92 Å². The number of anilines is 2. The number of nitrogens with one attached hydrogen (secondary N) is 1. The van der Waals surface area contributed by atoms with Gasteiger partial charge in [0, 0.05) is 18.3 Å². The second kappa shape index (κ2) is 4.76. The predicted octanol–water partition coefficient (Wildman–Crippen LogP) is 3.96. The number of hydrogen-bond acceptors (Lipinski definition) is 3. The molecule has 2 aliphatic rings. The van der Waals surface area contributed by atoms with E-state index in [9.17, 15) is 0 Å². The summed E-state index contributed by atoms with van der Waals surface area (Å²) in [5, 5.41) is 3.40. The largest absolute Gasteiger partial charge is 0.351 e. The Balaban J connectivity index is 1.70. The lowest BCUT2D eigenvalue weighted by Gasteiger charge is -2.17. The fraction of sp³-hybridized carbons (Fsp3) is 0.389. The van der Waals surface area contributed by atoms with Crippen molar-refractivity contribution in [2.75, 3.05) is 23.4 Å². The molecule has 108 valence electrons. The third kappa shape index (κ3) is 2.48. The minimum atomic E-state index is 0.891. The molecule has 1 saturated carbocycles. The molecule has 0 atom stereocenters. The average molecular weight is 279 g/mol. The molecular weight excluding hydrogens is 258 g/mol. The van der Waals surface area contributed by atoms with Gasteiger partial charge >= 0.3 is 0 Å². The van der Waals surface area contributed by atoms with E-state index in [0.717, 1.165) is 24.9 Å². The van der Waals surface area contributed by atoms with Gasteiger partial charge in [0.1, 0.15) is 0 Å². The van der Waals surface area contributed by atoms with E-state index in [0.29, 0.717) is 0 Å². The normalized spacial score (nSPS) is 16.8. The molecule has 21 heavy (non-hydrogen) atoms. The molecule has 0 spiro atoms. The van der Waals surface area contributed by atoms with Gasteiger partial charge in [-0.2, -0.15) is 0 Å². The van der Waals surface area contributed by atoms with Gasteiger partial charge in [-0.1, -0.05) is 29.3 Å². The van der Waals surface area contributed by atoms with Gasteiger partial charge in [-0.05, 0) is 44.2 Å². The SMILES string of the molecule is Cc1cc(C)cc(-c2cnc3c(c2)N(CC2CC2)CN3)c1. The van der Waals surface area contributed by atoms with Crippen LogP contribution in [0, 0.1) is 19.8 Å². The molecule has 1 aromatic heterocycles. The van der Waals surface area contributed by atoms with Crippen molar-refractivity contribution >= 4 is 11.5 Å². The van der Waals surface area contributed by atoms with Crippen LogP contribution in [-0.4, -0.2) is 18.2 Å². The van der Waals surface area contributed by atoms with Gasteiger partial charge in [-0.15, -0.1) is 0 Å². The zero-order chi connectivity index (χ0) is 14.4. The highest BCUT2D eigenvalue weighted by Crippen LogP contribution is 2.37. The fourth-order valence-corrected chi connectivity index (χ4v) is 3.16. The molecule has 1 N–H and O–H groups in total. The number of aryl methyl sites for hydroxylation is 2. The van der Waals surface area contributed by atoms with Gasteiger partial charge < -0.3 is 10.2 Å². The van der Waals surface area contributed by atoms with Crippen LogP contribution in [0.1, 0.15) is 24.0 Å². The average Bonchev–Trinajstić information content (AvgIpc) is 3.18. The van der Waals surface area contributed by atoms with Crippen molar-refractivity contribution in [1.82, 2.24) is 4.98 Å². The van der Waals surface area contributed by atoms with E-state index in [1.807, 2.05) is 6.20 Å².